The summed E-state index contributed by atoms with van der Waals surface area (Å²) in [5, 5.41) is 0. The van der Waals surface area contributed by atoms with E-state index in [2.05, 4.69) is 70.2 Å². The molecule has 1 aliphatic rings. The molecule has 24 heavy (non-hydrogen) atoms. The maximum Gasteiger partial charge on any atom is 0.324 e. The van der Waals surface area contributed by atoms with Gasteiger partial charge >= 0.3 is 6.03 Å². The molecule has 126 valence electrons. The van der Waals surface area contributed by atoms with Gasteiger partial charge in [0.15, 0.2) is 0 Å². The van der Waals surface area contributed by atoms with Crippen molar-refractivity contribution in [3.8, 4) is 0 Å². The Morgan fingerprint density at radius 3 is 2.17 bits per heavy atom. The molecule has 0 bridgehead atoms. The van der Waals surface area contributed by atoms with Gasteiger partial charge in [-0.3, -0.25) is 4.90 Å². The number of hydrogen-bond donors (Lipinski definition) is 0. The molecule has 0 spiro atoms. The minimum atomic E-state index is 0.103. The van der Waals surface area contributed by atoms with Crippen molar-refractivity contribution in [1.82, 2.24) is 4.90 Å². The van der Waals surface area contributed by atoms with E-state index in [1.165, 1.54) is 22.3 Å². The third kappa shape index (κ3) is 3.45. The number of amides is 2. The highest BCUT2D eigenvalue weighted by molar-refractivity contribution is 5.94. The van der Waals surface area contributed by atoms with E-state index in [0.717, 1.165) is 18.8 Å². The number of aryl methyl sites for hydroxylation is 2. The van der Waals surface area contributed by atoms with E-state index >= 15 is 0 Å². The van der Waals surface area contributed by atoms with Gasteiger partial charge in [0.1, 0.15) is 0 Å². The molecule has 1 heterocycles. The van der Waals surface area contributed by atoms with E-state index < -0.39 is 0 Å². The summed E-state index contributed by atoms with van der Waals surface area (Å²) in [6, 6.07) is 15.0. The molecule has 0 N–H and O–H groups in total. The molecular formula is C21H26N2O. The fourth-order valence-electron chi connectivity index (χ4n) is 3.39. The predicted octanol–water partition coefficient (Wildman–Crippen LogP) is 4.87. The van der Waals surface area contributed by atoms with Gasteiger partial charge in [-0.05, 0) is 43.0 Å². The summed E-state index contributed by atoms with van der Waals surface area (Å²) >= 11 is 0. The van der Waals surface area contributed by atoms with Crippen molar-refractivity contribution < 1.29 is 4.79 Å². The van der Waals surface area contributed by atoms with Crippen molar-refractivity contribution in [2.75, 3.05) is 18.0 Å². The molecule has 1 saturated heterocycles. The topological polar surface area (TPSA) is 23.6 Å². The lowest BCUT2D eigenvalue weighted by Gasteiger charge is -2.20. The van der Waals surface area contributed by atoms with Crippen molar-refractivity contribution in [1.29, 1.82) is 0 Å². The van der Waals surface area contributed by atoms with Crippen LogP contribution in [-0.4, -0.2) is 24.0 Å². The first-order valence-corrected chi connectivity index (χ1v) is 8.67. The lowest BCUT2D eigenvalue weighted by Crippen LogP contribution is -2.31. The first-order valence-electron chi connectivity index (χ1n) is 8.67. The van der Waals surface area contributed by atoms with Crippen LogP contribution in [0.1, 0.15) is 42.0 Å². The second kappa shape index (κ2) is 6.68. The van der Waals surface area contributed by atoms with Crippen LogP contribution in [0, 0.1) is 13.8 Å². The SMILES string of the molecule is Cc1cc(C)cc(CN2CCN(c3ccc(C(C)C)cc3)C2=O)c1. The maximum absolute atomic E-state index is 12.8. The van der Waals surface area contributed by atoms with Gasteiger partial charge in [0.2, 0.25) is 0 Å². The summed E-state index contributed by atoms with van der Waals surface area (Å²) in [5.41, 5.74) is 6.00. The van der Waals surface area contributed by atoms with Crippen LogP contribution in [0.5, 0.6) is 0 Å². The van der Waals surface area contributed by atoms with Crippen LogP contribution in [0.3, 0.4) is 0 Å². The summed E-state index contributed by atoms with van der Waals surface area (Å²) in [4.78, 5) is 16.6. The molecule has 3 heteroatoms. The normalized spacial score (nSPS) is 14.8. The number of nitrogens with zero attached hydrogens (tertiary/aromatic N) is 2. The second-order valence-corrected chi connectivity index (χ2v) is 7.10. The van der Waals surface area contributed by atoms with Crippen molar-refractivity contribution in [2.45, 2.75) is 40.2 Å². The molecule has 1 aliphatic heterocycles. The molecule has 0 saturated carbocycles. The molecule has 0 radical (unpaired) electrons. The first-order chi connectivity index (χ1) is 11.4. The monoisotopic (exact) mass is 322 g/mol. The molecule has 0 atom stereocenters. The van der Waals surface area contributed by atoms with Crippen molar-refractivity contribution in [2.24, 2.45) is 0 Å². The lowest BCUT2D eigenvalue weighted by molar-refractivity contribution is 0.218. The van der Waals surface area contributed by atoms with Gasteiger partial charge in [0, 0.05) is 25.3 Å². The van der Waals surface area contributed by atoms with Gasteiger partial charge in [-0.15, -0.1) is 0 Å². The Hall–Kier alpha value is -2.29. The van der Waals surface area contributed by atoms with E-state index in [-0.39, 0.29) is 6.03 Å². The summed E-state index contributed by atoms with van der Waals surface area (Å²) in [6.07, 6.45) is 0. The van der Waals surface area contributed by atoms with Crippen LogP contribution in [0.4, 0.5) is 10.5 Å². The van der Waals surface area contributed by atoms with Crippen LogP contribution in [0.15, 0.2) is 42.5 Å². The van der Waals surface area contributed by atoms with Crippen LogP contribution >= 0.6 is 0 Å². The quantitative estimate of drug-likeness (QED) is 0.788. The summed E-state index contributed by atoms with van der Waals surface area (Å²) in [5.74, 6) is 0.509. The lowest BCUT2D eigenvalue weighted by atomic mass is 10.0. The summed E-state index contributed by atoms with van der Waals surface area (Å²) in [7, 11) is 0. The third-order valence-electron chi connectivity index (χ3n) is 4.62. The first kappa shape index (κ1) is 16.6. The number of carbonyl (C=O) groups excluding carboxylic acids is 1. The average Bonchev–Trinajstić information content (AvgIpc) is 2.87. The molecule has 2 aromatic rings. The van der Waals surface area contributed by atoms with Gasteiger partial charge in [-0.1, -0.05) is 55.3 Å². The number of carbonyl (C=O) groups is 1. The third-order valence-corrected chi connectivity index (χ3v) is 4.62. The largest absolute Gasteiger partial charge is 0.324 e. The zero-order valence-electron chi connectivity index (χ0n) is 15.0. The second-order valence-electron chi connectivity index (χ2n) is 7.10. The van der Waals surface area contributed by atoms with Gasteiger partial charge < -0.3 is 4.90 Å². The fraction of sp³-hybridized carbons (Fsp3) is 0.381. The summed E-state index contributed by atoms with van der Waals surface area (Å²) in [6.45, 7) is 10.8. The Kier molecular flexibility index (Phi) is 4.61. The smallest absolute Gasteiger partial charge is 0.318 e. The molecule has 2 amide bonds. The Bertz CT molecular complexity index is 714. The van der Waals surface area contributed by atoms with Gasteiger partial charge in [-0.2, -0.15) is 0 Å². The van der Waals surface area contributed by atoms with Crippen LogP contribution in [-0.2, 0) is 6.54 Å². The Morgan fingerprint density at radius 1 is 0.958 bits per heavy atom. The van der Waals surface area contributed by atoms with E-state index in [4.69, 9.17) is 0 Å². The highest BCUT2D eigenvalue weighted by atomic mass is 16.2. The van der Waals surface area contributed by atoms with Gasteiger partial charge in [0.25, 0.3) is 0 Å². The van der Waals surface area contributed by atoms with Crippen molar-refractivity contribution in [3.63, 3.8) is 0 Å². The molecule has 0 unspecified atom stereocenters. The van der Waals surface area contributed by atoms with Crippen molar-refractivity contribution in [3.05, 3.63) is 64.7 Å². The summed E-state index contributed by atoms with van der Waals surface area (Å²) < 4.78 is 0. The molecule has 1 fully saturated rings. The molecular weight excluding hydrogens is 296 g/mol. The zero-order chi connectivity index (χ0) is 17.3. The van der Waals surface area contributed by atoms with E-state index in [9.17, 15) is 4.79 Å². The highest BCUT2D eigenvalue weighted by Gasteiger charge is 2.29. The average molecular weight is 322 g/mol. The van der Waals surface area contributed by atoms with Gasteiger partial charge in [0.05, 0.1) is 0 Å². The number of rotatable bonds is 4. The molecule has 2 aromatic carbocycles. The number of hydrogen-bond acceptors (Lipinski definition) is 1. The molecule has 0 aliphatic carbocycles. The van der Waals surface area contributed by atoms with Crippen molar-refractivity contribution >= 4 is 11.7 Å². The predicted molar refractivity (Wildman–Crippen MR) is 99.6 cm³/mol. The van der Waals surface area contributed by atoms with Crippen LogP contribution < -0.4 is 4.90 Å². The molecule has 0 aromatic heterocycles. The maximum atomic E-state index is 12.8. The highest BCUT2D eigenvalue weighted by Crippen LogP contribution is 2.24. The Morgan fingerprint density at radius 2 is 1.58 bits per heavy atom. The zero-order valence-corrected chi connectivity index (χ0v) is 15.0. The van der Waals surface area contributed by atoms with Crippen LogP contribution in [0.2, 0.25) is 0 Å². The Balaban J connectivity index is 1.72. The van der Waals surface area contributed by atoms with E-state index in [1.807, 2.05) is 9.80 Å². The number of benzene rings is 2. The van der Waals surface area contributed by atoms with E-state index in [1.54, 1.807) is 0 Å². The van der Waals surface area contributed by atoms with Crippen LogP contribution in [0.25, 0.3) is 0 Å². The van der Waals surface area contributed by atoms with E-state index in [0.29, 0.717) is 12.5 Å². The molecule has 3 rings (SSSR count). The number of urea groups is 1. The minimum absolute atomic E-state index is 0.103. The molecule has 3 nitrogen and oxygen atoms in total. The minimum Gasteiger partial charge on any atom is -0.318 e. The Labute approximate surface area is 144 Å². The van der Waals surface area contributed by atoms with Gasteiger partial charge in [-0.25, -0.2) is 4.79 Å². The number of anilines is 1. The standard InChI is InChI=1S/C21H26N2O/c1-15(2)19-5-7-20(8-6-19)23-10-9-22(21(23)24)14-18-12-16(3)11-17(4)13-18/h5-8,11-13,15H,9-10,14H2,1-4H3. The fourth-order valence-corrected chi connectivity index (χ4v) is 3.39.